The van der Waals surface area contributed by atoms with Gasteiger partial charge in [-0.15, -0.1) is 0 Å². The maximum absolute atomic E-state index is 12.7. The molecular formula is C15H28N2O3. The predicted molar refractivity (Wildman–Crippen MR) is 78.7 cm³/mol. The van der Waals surface area contributed by atoms with E-state index in [0.717, 1.165) is 25.7 Å². The Labute approximate surface area is 121 Å². The number of nitrogens with zero attached hydrogens (tertiary/aromatic N) is 2. The number of urea groups is 1. The van der Waals surface area contributed by atoms with Crippen molar-refractivity contribution in [3.63, 3.8) is 0 Å². The normalized spacial score (nSPS) is 14.7. The summed E-state index contributed by atoms with van der Waals surface area (Å²) >= 11 is 0. The first-order chi connectivity index (χ1) is 9.40. The summed E-state index contributed by atoms with van der Waals surface area (Å²) in [4.78, 5) is 27.2. The number of carbonyl (C=O) groups excluding carboxylic acids is 1. The lowest BCUT2D eigenvalue weighted by Crippen LogP contribution is -2.51. The van der Waals surface area contributed by atoms with Crippen LogP contribution in [0, 0.1) is 5.92 Å². The zero-order chi connectivity index (χ0) is 15.3. The maximum Gasteiger partial charge on any atom is 0.323 e. The summed E-state index contributed by atoms with van der Waals surface area (Å²) < 4.78 is 0. The summed E-state index contributed by atoms with van der Waals surface area (Å²) in [5, 5.41) is 9.01. The highest BCUT2D eigenvalue weighted by Crippen LogP contribution is 2.28. The van der Waals surface area contributed by atoms with Gasteiger partial charge in [-0.05, 0) is 31.6 Å². The van der Waals surface area contributed by atoms with Gasteiger partial charge >= 0.3 is 12.0 Å². The molecule has 1 rings (SSSR count). The first-order valence-electron chi connectivity index (χ1n) is 7.69. The highest BCUT2D eigenvalue weighted by molar-refractivity contribution is 5.81. The second-order valence-electron chi connectivity index (χ2n) is 6.05. The fraction of sp³-hybridized carbons (Fsp3) is 0.867. The van der Waals surface area contributed by atoms with Crippen LogP contribution in [0.3, 0.4) is 0 Å². The fourth-order valence-corrected chi connectivity index (χ4v) is 2.56. The molecule has 0 aromatic rings. The lowest BCUT2D eigenvalue weighted by Gasteiger charge is -2.36. The van der Waals surface area contributed by atoms with Gasteiger partial charge < -0.3 is 14.9 Å². The average Bonchev–Trinajstić information content (AvgIpc) is 3.19. The lowest BCUT2D eigenvalue weighted by atomic mass is 10.1. The minimum Gasteiger partial charge on any atom is -0.480 e. The van der Waals surface area contributed by atoms with Gasteiger partial charge in [-0.25, -0.2) is 4.79 Å². The topological polar surface area (TPSA) is 60.9 Å². The molecule has 0 aromatic heterocycles. The molecule has 116 valence electrons. The highest BCUT2D eigenvalue weighted by atomic mass is 16.4. The van der Waals surface area contributed by atoms with Crippen LogP contribution in [-0.4, -0.2) is 52.1 Å². The monoisotopic (exact) mass is 284 g/mol. The molecule has 5 nitrogen and oxygen atoms in total. The molecule has 1 fully saturated rings. The van der Waals surface area contributed by atoms with Gasteiger partial charge in [-0.1, -0.05) is 27.7 Å². The van der Waals surface area contributed by atoms with E-state index in [1.165, 1.54) is 0 Å². The fourth-order valence-electron chi connectivity index (χ4n) is 2.56. The Balaban J connectivity index is 2.85. The molecule has 2 amide bonds. The van der Waals surface area contributed by atoms with E-state index in [9.17, 15) is 9.59 Å². The number of amides is 2. The number of carboxylic acid groups (broad SMARTS) is 1. The Kier molecular flexibility index (Phi) is 6.30. The number of rotatable bonds is 8. The molecular weight excluding hydrogens is 256 g/mol. The molecule has 0 bridgehead atoms. The van der Waals surface area contributed by atoms with E-state index < -0.39 is 5.97 Å². The summed E-state index contributed by atoms with van der Waals surface area (Å²) in [5.74, 6) is -0.551. The largest absolute Gasteiger partial charge is 0.480 e. The van der Waals surface area contributed by atoms with Crippen LogP contribution in [0.2, 0.25) is 0 Å². The molecule has 0 spiro atoms. The third-order valence-electron chi connectivity index (χ3n) is 3.73. The van der Waals surface area contributed by atoms with Crippen LogP contribution in [0.5, 0.6) is 0 Å². The molecule has 1 N–H and O–H groups in total. The zero-order valence-electron chi connectivity index (χ0n) is 13.1. The number of carboxylic acids is 1. The van der Waals surface area contributed by atoms with Crippen LogP contribution in [0.15, 0.2) is 0 Å². The molecule has 0 saturated heterocycles. The summed E-state index contributed by atoms with van der Waals surface area (Å²) in [6.07, 6.45) is 3.66. The molecule has 0 atom stereocenters. The molecule has 20 heavy (non-hydrogen) atoms. The van der Waals surface area contributed by atoms with Crippen LogP contribution >= 0.6 is 0 Å². The van der Waals surface area contributed by atoms with Crippen molar-refractivity contribution in [3.8, 4) is 0 Å². The first-order valence-corrected chi connectivity index (χ1v) is 7.69. The van der Waals surface area contributed by atoms with Gasteiger partial charge in [-0.2, -0.15) is 0 Å². The van der Waals surface area contributed by atoms with Gasteiger partial charge in [0.05, 0.1) is 0 Å². The molecule has 0 aliphatic heterocycles. The van der Waals surface area contributed by atoms with Crippen LogP contribution in [-0.2, 0) is 4.79 Å². The van der Waals surface area contributed by atoms with Gasteiger partial charge in [0, 0.05) is 18.6 Å². The molecule has 1 saturated carbocycles. The quantitative estimate of drug-likeness (QED) is 0.745. The van der Waals surface area contributed by atoms with Gasteiger partial charge in [0.1, 0.15) is 6.54 Å². The van der Waals surface area contributed by atoms with E-state index in [1.807, 2.05) is 4.90 Å². The minimum absolute atomic E-state index is 0.0997. The smallest absolute Gasteiger partial charge is 0.323 e. The van der Waals surface area contributed by atoms with Crippen molar-refractivity contribution < 1.29 is 14.7 Å². The van der Waals surface area contributed by atoms with E-state index in [-0.39, 0.29) is 24.7 Å². The van der Waals surface area contributed by atoms with Gasteiger partial charge in [0.15, 0.2) is 0 Å². The number of aliphatic carboxylic acids is 1. The number of hydrogen-bond donors (Lipinski definition) is 1. The molecule has 5 heteroatoms. The second kappa shape index (κ2) is 7.50. The van der Waals surface area contributed by atoms with Crippen molar-refractivity contribution in [1.82, 2.24) is 9.80 Å². The van der Waals surface area contributed by atoms with Gasteiger partial charge in [0.25, 0.3) is 0 Å². The van der Waals surface area contributed by atoms with Crippen molar-refractivity contribution in [1.29, 1.82) is 0 Å². The molecule has 1 aliphatic rings. The minimum atomic E-state index is -0.931. The maximum atomic E-state index is 12.7. The Morgan fingerprint density at radius 3 is 2.10 bits per heavy atom. The van der Waals surface area contributed by atoms with E-state index in [2.05, 4.69) is 27.7 Å². The van der Waals surface area contributed by atoms with Crippen LogP contribution < -0.4 is 0 Å². The number of hydrogen-bond acceptors (Lipinski definition) is 2. The summed E-state index contributed by atoms with van der Waals surface area (Å²) in [5.41, 5.74) is 0. The SMILES string of the molecule is CCC(CC)N(CC(C)C)C(=O)N(CC(=O)O)C1CC1. The van der Waals surface area contributed by atoms with E-state index in [1.54, 1.807) is 4.90 Å². The van der Waals surface area contributed by atoms with Crippen molar-refractivity contribution >= 4 is 12.0 Å². The van der Waals surface area contributed by atoms with E-state index >= 15 is 0 Å². The Hall–Kier alpha value is -1.26. The molecule has 0 unspecified atom stereocenters. The lowest BCUT2D eigenvalue weighted by molar-refractivity contribution is -0.137. The van der Waals surface area contributed by atoms with Crippen LogP contribution in [0.25, 0.3) is 0 Å². The third-order valence-corrected chi connectivity index (χ3v) is 3.73. The summed E-state index contributed by atoms with van der Waals surface area (Å²) in [7, 11) is 0. The predicted octanol–water partition coefficient (Wildman–Crippen LogP) is 2.80. The zero-order valence-corrected chi connectivity index (χ0v) is 13.1. The standard InChI is InChI=1S/C15H28N2O3/c1-5-12(6-2)16(9-11(3)4)15(20)17(10-14(18)19)13-7-8-13/h11-13H,5-10H2,1-4H3,(H,18,19). The van der Waals surface area contributed by atoms with Crippen LogP contribution in [0.4, 0.5) is 4.79 Å². The third kappa shape index (κ3) is 4.69. The Morgan fingerprint density at radius 2 is 1.75 bits per heavy atom. The van der Waals surface area contributed by atoms with E-state index in [0.29, 0.717) is 12.5 Å². The summed E-state index contributed by atoms with van der Waals surface area (Å²) in [6.45, 7) is 8.83. The van der Waals surface area contributed by atoms with Gasteiger partial charge in [0.2, 0.25) is 0 Å². The Bertz CT molecular complexity index is 336. The van der Waals surface area contributed by atoms with E-state index in [4.69, 9.17) is 5.11 Å². The summed E-state index contributed by atoms with van der Waals surface area (Å²) in [6, 6.07) is 0.222. The molecule has 0 aromatic carbocycles. The second-order valence-corrected chi connectivity index (χ2v) is 6.05. The average molecular weight is 284 g/mol. The van der Waals surface area contributed by atoms with Crippen molar-refractivity contribution in [2.75, 3.05) is 13.1 Å². The van der Waals surface area contributed by atoms with Crippen molar-refractivity contribution in [2.45, 2.75) is 65.5 Å². The first kappa shape index (κ1) is 16.8. The highest BCUT2D eigenvalue weighted by Gasteiger charge is 2.37. The molecule has 0 heterocycles. The van der Waals surface area contributed by atoms with Crippen molar-refractivity contribution in [3.05, 3.63) is 0 Å². The molecule has 0 radical (unpaired) electrons. The van der Waals surface area contributed by atoms with Crippen molar-refractivity contribution in [2.24, 2.45) is 5.92 Å². The van der Waals surface area contributed by atoms with Gasteiger partial charge in [-0.3, -0.25) is 4.79 Å². The van der Waals surface area contributed by atoms with Crippen LogP contribution in [0.1, 0.15) is 53.4 Å². The number of carbonyl (C=O) groups is 2. The molecule has 1 aliphatic carbocycles. The Morgan fingerprint density at radius 1 is 1.20 bits per heavy atom.